The molecule has 1 heterocycles. The van der Waals surface area contributed by atoms with Crippen LogP contribution in [0.25, 0.3) is 0 Å². The van der Waals surface area contributed by atoms with Crippen molar-refractivity contribution in [3.63, 3.8) is 0 Å². The van der Waals surface area contributed by atoms with Crippen molar-refractivity contribution in [2.24, 2.45) is 0 Å². The predicted octanol–water partition coefficient (Wildman–Crippen LogP) is 3.42. The smallest absolute Gasteiger partial charge is 0.342 e. The molecule has 2 aromatic carbocycles. The molecule has 0 saturated heterocycles. The average Bonchev–Trinajstić information content (AvgIpc) is 2.55. The molecule has 126 valence electrons. The fourth-order valence-electron chi connectivity index (χ4n) is 2.50. The monoisotopic (exact) mass is 366 g/mol. The number of carbonyl (C=O) groups is 1. The number of anilines is 2. The van der Waals surface area contributed by atoms with Crippen LogP contribution in [0, 0.1) is 6.92 Å². The van der Waals surface area contributed by atoms with Gasteiger partial charge in [-0.3, -0.25) is 4.90 Å². The lowest BCUT2D eigenvalue weighted by Gasteiger charge is -2.34. The van der Waals surface area contributed by atoms with E-state index in [1.807, 2.05) is 0 Å². The summed E-state index contributed by atoms with van der Waals surface area (Å²) in [5, 5.41) is 0.388. The first-order chi connectivity index (χ1) is 11.3. The van der Waals surface area contributed by atoms with Crippen molar-refractivity contribution in [1.29, 1.82) is 0 Å². The van der Waals surface area contributed by atoms with Crippen LogP contribution in [0.3, 0.4) is 0 Å². The van der Waals surface area contributed by atoms with E-state index in [1.54, 1.807) is 25.1 Å². The third-order valence-electron chi connectivity index (χ3n) is 3.90. The lowest BCUT2D eigenvalue weighted by Crippen LogP contribution is -2.49. The third-order valence-corrected chi connectivity index (χ3v) is 6.05. The molecule has 1 aliphatic heterocycles. The molecular formula is C16H15ClN2O4S. The maximum atomic E-state index is 13.0. The number of nitrogens with zero attached hydrogens (tertiary/aromatic N) is 2. The first-order valence-electron chi connectivity index (χ1n) is 7.04. The van der Waals surface area contributed by atoms with Crippen LogP contribution in [0.1, 0.15) is 5.56 Å². The van der Waals surface area contributed by atoms with Gasteiger partial charge in [0.1, 0.15) is 10.6 Å². The van der Waals surface area contributed by atoms with Crippen molar-refractivity contribution >= 4 is 39.0 Å². The van der Waals surface area contributed by atoms with Crippen LogP contribution >= 0.6 is 11.6 Å². The van der Waals surface area contributed by atoms with Crippen LogP contribution in [0.2, 0.25) is 5.02 Å². The Bertz CT molecular complexity index is 943. The molecule has 2 amide bonds. The van der Waals surface area contributed by atoms with Gasteiger partial charge in [0.05, 0.1) is 18.5 Å². The van der Waals surface area contributed by atoms with Crippen LogP contribution in [0.5, 0.6) is 5.75 Å². The van der Waals surface area contributed by atoms with Gasteiger partial charge in [0.15, 0.2) is 0 Å². The van der Waals surface area contributed by atoms with Crippen LogP contribution in [-0.2, 0) is 10.0 Å². The number of hydrogen-bond donors (Lipinski definition) is 0. The molecule has 1 aliphatic rings. The molecule has 2 aromatic rings. The number of hydrogen-bond acceptors (Lipinski definition) is 4. The fraction of sp³-hybridized carbons (Fsp3) is 0.188. The van der Waals surface area contributed by atoms with E-state index >= 15 is 0 Å². The molecule has 0 fully saturated rings. The molecule has 0 aliphatic carbocycles. The van der Waals surface area contributed by atoms with Crippen LogP contribution in [0.15, 0.2) is 41.3 Å². The summed E-state index contributed by atoms with van der Waals surface area (Å²) in [6.45, 7) is 1.80. The van der Waals surface area contributed by atoms with Gasteiger partial charge in [-0.15, -0.1) is 0 Å². The topological polar surface area (TPSA) is 66.9 Å². The van der Waals surface area contributed by atoms with Gasteiger partial charge >= 0.3 is 6.03 Å². The number of fused-ring (bicyclic) bond motifs is 1. The van der Waals surface area contributed by atoms with Crippen molar-refractivity contribution in [2.45, 2.75) is 11.8 Å². The molecule has 0 saturated carbocycles. The van der Waals surface area contributed by atoms with Gasteiger partial charge in [-0.05, 0) is 36.8 Å². The van der Waals surface area contributed by atoms with Gasteiger partial charge in [0, 0.05) is 18.1 Å². The number of rotatable bonds is 2. The zero-order valence-electron chi connectivity index (χ0n) is 13.3. The number of urea groups is 1. The Morgan fingerprint density at radius 2 is 1.83 bits per heavy atom. The zero-order chi connectivity index (χ0) is 17.6. The molecule has 0 bridgehead atoms. The molecule has 0 unspecified atom stereocenters. The van der Waals surface area contributed by atoms with Crippen molar-refractivity contribution in [1.82, 2.24) is 0 Å². The highest BCUT2D eigenvalue weighted by molar-refractivity contribution is 7.94. The van der Waals surface area contributed by atoms with Crippen LogP contribution in [0.4, 0.5) is 16.2 Å². The van der Waals surface area contributed by atoms with Crippen molar-refractivity contribution < 1.29 is 17.9 Å². The second-order valence-corrected chi connectivity index (χ2v) is 7.54. The van der Waals surface area contributed by atoms with E-state index < -0.39 is 16.1 Å². The normalized spacial score (nSPS) is 16.1. The van der Waals surface area contributed by atoms with E-state index in [0.717, 1.165) is 9.87 Å². The van der Waals surface area contributed by atoms with E-state index in [0.29, 0.717) is 10.8 Å². The summed E-state index contributed by atoms with van der Waals surface area (Å²) in [7, 11) is -1.06. The summed E-state index contributed by atoms with van der Waals surface area (Å²) in [4.78, 5) is 14.0. The molecule has 0 N–H and O–H groups in total. The first kappa shape index (κ1) is 16.6. The summed E-state index contributed by atoms with van der Waals surface area (Å²) >= 11 is 6.09. The van der Waals surface area contributed by atoms with Gasteiger partial charge in [-0.2, -0.15) is 4.31 Å². The summed E-state index contributed by atoms with van der Waals surface area (Å²) in [5.74, 6) is 0.468. The number of benzene rings is 2. The first-order valence-corrected chi connectivity index (χ1v) is 8.86. The summed E-state index contributed by atoms with van der Waals surface area (Å²) < 4.78 is 31.8. The van der Waals surface area contributed by atoms with E-state index in [-0.39, 0.29) is 16.3 Å². The Kier molecular flexibility index (Phi) is 3.93. The Morgan fingerprint density at radius 3 is 2.46 bits per heavy atom. The van der Waals surface area contributed by atoms with Crippen LogP contribution < -0.4 is 13.9 Å². The quantitative estimate of drug-likeness (QED) is 0.816. The second kappa shape index (κ2) is 5.68. The highest BCUT2D eigenvalue weighted by Gasteiger charge is 2.41. The maximum absolute atomic E-state index is 13.0. The number of carbonyl (C=O) groups excluding carboxylic acids is 1. The number of ether oxygens (including phenoxy) is 1. The Balaban J connectivity index is 2.22. The fourth-order valence-corrected chi connectivity index (χ4v) is 4.29. The van der Waals surface area contributed by atoms with Gasteiger partial charge in [-0.25, -0.2) is 13.2 Å². The largest absolute Gasteiger partial charge is 0.497 e. The summed E-state index contributed by atoms with van der Waals surface area (Å²) in [6.07, 6.45) is 0. The number of aryl methyl sites for hydroxylation is 1. The number of amides is 2. The van der Waals surface area contributed by atoms with Crippen molar-refractivity contribution in [2.75, 3.05) is 23.4 Å². The number of methoxy groups -OCH3 is 1. The summed E-state index contributed by atoms with van der Waals surface area (Å²) in [5.41, 5.74) is 1.26. The molecule has 0 atom stereocenters. The Labute approximate surface area is 145 Å². The lowest BCUT2D eigenvalue weighted by atomic mass is 10.2. The van der Waals surface area contributed by atoms with Gasteiger partial charge in [-0.1, -0.05) is 17.7 Å². The predicted molar refractivity (Wildman–Crippen MR) is 92.6 cm³/mol. The Hall–Kier alpha value is -2.25. The standard InChI is InChI=1S/C16H15ClN2O4S/c1-10-4-5-11(8-13(10)17)19-16(20)18(2)14-9-12(23-3)6-7-15(14)24(19,21)22/h4-9H,1-3H3. The van der Waals surface area contributed by atoms with Gasteiger partial charge < -0.3 is 4.74 Å². The molecule has 8 heteroatoms. The average molecular weight is 367 g/mol. The highest BCUT2D eigenvalue weighted by atomic mass is 35.5. The molecule has 0 aromatic heterocycles. The minimum absolute atomic E-state index is 0.0297. The van der Waals surface area contributed by atoms with Crippen molar-refractivity contribution in [3.8, 4) is 5.75 Å². The Morgan fingerprint density at radius 1 is 1.12 bits per heavy atom. The summed E-state index contributed by atoms with van der Waals surface area (Å²) in [6, 6.07) is 8.49. The van der Waals surface area contributed by atoms with E-state index in [2.05, 4.69) is 0 Å². The molecular weight excluding hydrogens is 352 g/mol. The van der Waals surface area contributed by atoms with E-state index in [9.17, 15) is 13.2 Å². The minimum atomic E-state index is -4.04. The minimum Gasteiger partial charge on any atom is -0.497 e. The van der Waals surface area contributed by atoms with E-state index in [1.165, 1.54) is 37.3 Å². The highest BCUT2D eigenvalue weighted by Crippen LogP contribution is 2.39. The van der Waals surface area contributed by atoms with E-state index in [4.69, 9.17) is 16.3 Å². The third kappa shape index (κ3) is 2.40. The van der Waals surface area contributed by atoms with Gasteiger partial charge in [0.25, 0.3) is 10.0 Å². The second-order valence-electron chi connectivity index (χ2n) is 5.38. The zero-order valence-corrected chi connectivity index (χ0v) is 14.9. The number of sulfonamides is 1. The maximum Gasteiger partial charge on any atom is 0.342 e. The molecule has 0 radical (unpaired) electrons. The molecule has 3 rings (SSSR count). The number of halogens is 1. The SMILES string of the molecule is COc1ccc2c(c1)N(C)C(=O)N(c1ccc(C)c(Cl)c1)S2(=O)=O. The van der Waals surface area contributed by atoms with Crippen LogP contribution in [-0.4, -0.2) is 28.6 Å². The molecule has 6 nitrogen and oxygen atoms in total. The van der Waals surface area contributed by atoms with Crippen molar-refractivity contribution in [3.05, 3.63) is 47.0 Å². The molecule has 0 spiro atoms. The lowest BCUT2D eigenvalue weighted by molar-refractivity contribution is 0.255. The van der Waals surface area contributed by atoms with Gasteiger partial charge in [0.2, 0.25) is 0 Å². The molecule has 24 heavy (non-hydrogen) atoms.